The lowest BCUT2D eigenvalue weighted by Crippen LogP contribution is -2.18. The number of hydrogen-bond acceptors (Lipinski definition) is 3. The van der Waals surface area contributed by atoms with Crippen molar-refractivity contribution in [2.24, 2.45) is 13.0 Å². The third-order valence-corrected chi connectivity index (χ3v) is 3.80. The van der Waals surface area contributed by atoms with Crippen molar-refractivity contribution in [3.05, 3.63) is 12.2 Å². The van der Waals surface area contributed by atoms with Gasteiger partial charge in [0.05, 0.1) is 6.10 Å². The minimum absolute atomic E-state index is 0.263. The summed E-state index contributed by atoms with van der Waals surface area (Å²) in [5, 5.41) is 14.1. The normalized spacial score (nSPS) is 20.1. The average molecular weight is 237 g/mol. The van der Waals surface area contributed by atoms with Crippen molar-refractivity contribution >= 4 is 0 Å². The Labute approximate surface area is 103 Å². The van der Waals surface area contributed by atoms with Gasteiger partial charge in [-0.2, -0.15) is 5.10 Å². The van der Waals surface area contributed by atoms with Crippen molar-refractivity contribution in [1.29, 1.82) is 0 Å². The lowest BCUT2D eigenvalue weighted by molar-refractivity contribution is 0.134. The van der Waals surface area contributed by atoms with E-state index in [1.54, 1.807) is 11.0 Å². The van der Waals surface area contributed by atoms with Gasteiger partial charge >= 0.3 is 0 Å². The second kappa shape index (κ2) is 6.15. The molecule has 2 rings (SSSR count). The number of aliphatic hydroxyl groups is 1. The molecule has 0 bridgehead atoms. The van der Waals surface area contributed by atoms with Crippen molar-refractivity contribution in [3.8, 4) is 0 Å². The minimum atomic E-state index is -0.263. The number of aromatic nitrogens is 3. The topological polar surface area (TPSA) is 50.9 Å². The highest BCUT2D eigenvalue weighted by Gasteiger charge is 2.18. The molecule has 1 heterocycles. The maximum Gasteiger partial charge on any atom is 0.138 e. The smallest absolute Gasteiger partial charge is 0.138 e. The minimum Gasteiger partial charge on any atom is -0.393 e. The van der Waals surface area contributed by atoms with Crippen LogP contribution >= 0.6 is 0 Å². The molecular weight excluding hydrogens is 214 g/mol. The first kappa shape index (κ1) is 12.6. The van der Waals surface area contributed by atoms with Crippen LogP contribution in [0.2, 0.25) is 0 Å². The number of aliphatic hydroxyl groups excluding tert-OH is 1. The summed E-state index contributed by atoms with van der Waals surface area (Å²) >= 11 is 0. The van der Waals surface area contributed by atoms with Gasteiger partial charge in [-0.15, -0.1) is 0 Å². The molecule has 0 radical (unpaired) electrons. The van der Waals surface area contributed by atoms with Crippen molar-refractivity contribution in [1.82, 2.24) is 14.8 Å². The first-order chi connectivity index (χ1) is 8.25. The summed E-state index contributed by atoms with van der Waals surface area (Å²) in [6.45, 7) is 0. The molecule has 1 aromatic rings. The molecule has 4 nitrogen and oxygen atoms in total. The number of rotatable bonds is 4. The molecule has 0 aromatic carbocycles. The Hall–Kier alpha value is -0.900. The van der Waals surface area contributed by atoms with E-state index in [2.05, 4.69) is 10.1 Å². The van der Waals surface area contributed by atoms with Gasteiger partial charge in [-0.1, -0.05) is 38.5 Å². The molecule has 0 saturated heterocycles. The van der Waals surface area contributed by atoms with Crippen LogP contribution < -0.4 is 0 Å². The molecular formula is C13H23N3O. The molecule has 1 unspecified atom stereocenters. The molecule has 1 N–H and O–H groups in total. The fourth-order valence-electron chi connectivity index (χ4n) is 2.78. The second-order valence-electron chi connectivity index (χ2n) is 5.25. The lowest BCUT2D eigenvalue weighted by atomic mass is 9.92. The Balaban J connectivity index is 1.80. The van der Waals surface area contributed by atoms with Crippen LogP contribution in [-0.4, -0.2) is 26.0 Å². The summed E-state index contributed by atoms with van der Waals surface area (Å²) in [5.74, 6) is 1.59. The predicted octanol–water partition coefficient (Wildman–Crippen LogP) is 2.08. The van der Waals surface area contributed by atoms with Crippen LogP contribution in [0.5, 0.6) is 0 Å². The van der Waals surface area contributed by atoms with Gasteiger partial charge in [0.15, 0.2) is 0 Å². The van der Waals surface area contributed by atoms with E-state index in [0.717, 1.165) is 12.2 Å². The Morgan fingerprint density at radius 2 is 2.06 bits per heavy atom. The van der Waals surface area contributed by atoms with Crippen LogP contribution in [0, 0.1) is 5.92 Å². The SMILES string of the molecule is Cn1ncnc1CC(O)CC1CCCCCC1. The molecule has 96 valence electrons. The maximum atomic E-state index is 10.1. The van der Waals surface area contributed by atoms with Gasteiger partial charge in [-0.25, -0.2) is 4.98 Å². The standard InChI is InChI=1S/C13H23N3O/c1-16-13(14-10-15-16)9-12(17)8-11-6-4-2-3-5-7-11/h10-12,17H,2-9H2,1H3. The van der Waals surface area contributed by atoms with E-state index in [-0.39, 0.29) is 6.10 Å². The van der Waals surface area contributed by atoms with Crippen LogP contribution in [0.1, 0.15) is 50.8 Å². The Morgan fingerprint density at radius 3 is 2.65 bits per heavy atom. The van der Waals surface area contributed by atoms with Gasteiger partial charge in [0.1, 0.15) is 12.2 Å². The molecule has 0 amide bonds. The number of hydrogen-bond donors (Lipinski definition) is 1. The summed E-state index contributed by atoms with van der Waals surface area (Å²) in [7, 11) is 1.88. The molecule has 1 aliphatic carbocycles. The summed E-state index contributed by atoms with van der Waals surface area (Å²) in [4.78, 5) is 4.16. The lowest BCUT2D eigenvalue weighted by Gasteiger charge is -2.18. The fourth-order valence-corrected chi connectivity index (χ4v) is 2.78. The van der Waals surface area contributed by atoms with E-state index >= 15 is 0 Å². The fraction of sp³-hybridized carbons (Fsp3) is 0.846. The van der Waals surface area contributed by atoms with Crippen LogP contribution in [0.3, 0.4) is 0 Å². The zero-order chi connectivity index (χ0) is 12.1. The van der Waals surface area contributed by atoms with Crippen molar-refractivity contribution in [2.45, 2.75) is 57.5 Å². The van der Waals surface area contributed by atoms with E-state index < -0.39 is 0 Å². The Bertz CT molecular complexity index is 329. The summed E-state index contributed by atoms with van der Waals surface area (Å²) in [6.07, 6.45) is 10.8. The highest BCUT2D eigenvalue weighted by atomic mass is 16.3. The maximum absolute atomic E-state index is 10.1. The highest BCUT2D eigenvalue weighted by Crippen LogP contribution is 2.26. The van der Waals surface area contributed by atoms with Gasteiger partial charge in [-0.05, 0) is 12.3 Å². The summed E-state index contributed by atoms with van der Waals surface area (Å²) < 4.78 is 1.75. The molecule has 4 heteroatoms. The van der Waals surface area contributed by atoms with Gasteiger partial charge in [0, 0.05) is 13.5 Å². The second-order valence-corrected chi connectivity index (χ2v) is 5.25. The average Bonchev–Trinajstić information content (AvgIpc) is 2.55. The Morgan fingerprint density at radius 1 is 1.35 bits per heavy atom. The Kier molecular flexibility index (Phi) is 4.54. The first-order valence-corrected chi connectivity index (χ1v) is 6.76. The summed E-state index contributed by atoms with van der Waals surface area (Å²) in [5.41, 5.74) is 0. The summed E-state index contributed by atoms with van der Waals surface area (Å²) in [6, 6.07) is 0. The number of aryl methyl sites for hydroxylation is 1. The quantitative estimate of drug-likeness (QED) is 0.816. The molecule has 0 spiro atoms. The van der Waals surface area contributed by atoms with Gasteiger partial charge in [0.25, 0.3) is 0 Å². The largest absolute Gasteiger partial charge is 0.393 e. The van der Waals surface area contributed by atoms with Crippen molar-refractivity contribution < 1.29 is 5.11 Å². The van der Waals surface area contributed by atoms with Gasteiger partial charge in [0.2, 0.25) is 0 Å². The third kappa shape index (κ3) is 3.80. The number of nitrogens with zero attached hydrogens (tertiary/aromatic N) is 3. The van der Waals surface area contributed by atoms with E-state index in [9.17, 15) is 5.11 Å². The van der Waals surface area contributed by atoms with E-state index in [4.69, 9.17) is 0 Å². The molecule has 0 aliphatic heterocycles. The van der Waals surface area contributed by atoms with Crippen LogP contribution in [-0.2, 0) is 13.5 Å². The van der Waals surface area contributed by atoms with Gasteiger partial charge < -0.3 is 5.11 Å². The van der Waals surface area contributed by atoms with Crippen LogP contribution in [0.25, 0.3) is 0 Å². The van der Waals surface area contributed by atoms with Gasteiger partial charge in [-0.3, -0.25) is 4.68 Å². The monoisotopic (exact) mass is 237 g/mol. The van der Waals surface area contributed by atoms with E-state index in [1.165, 1.54) is 38.5 Å². The third-order valence-electron chi connectivity index (χ3n) is 3.80. The molecule has 1 aromatic heterocycles. The van der Waals surface area contributed by atoms with Crippen molar-refractivity contribution in [2.75, 3.05) is 0 Å². The molecule has 17 heavy (non-hydrogen) atoms. The van der Waals surface area contributed by atoms with E-state index in [0.29, 0.717) is 12.3 Å². The van der Waals surface area contributed by atoms with E-state index in [1.807, 2.05) is 7.05 Å². The molecule has 1 aliphatic rings. The van der Waals surface area contributed by atoms with Crippen LogP contribution in [0.4, 0.5) is 0 Å². The van der Waals surface area contributed by atoms with Crippen LogP contribution in [0.15, 0.2) is 6.33 Å². The molecule has 1 saturated carbocycles. The molecule has 1 atom stereocenters. The first-order valence-electron chi connectivity index (χ1n) is 6.76. The van der Waals surface area contributed by atoms with Crippen molar-refractivity contribution in [3.63, 3.8) is 0 Å². The molecule has 1 fully saturated rings. The predicted molar refractivity (Wildman–Crippen MR) is 66.5 cm³/mol. The zero-order valence-electron chi connectivity index (χ0n) is 10.7. The zero-order valence-corrected chi connectivity index (χ0v) is 10.7. The highest BCUT2D eigenvalue weighted by molar-refractivity contribution is 4.87.